The van der Waals surface area contributed by atoms with Gasteiger partial charge in [-0.25, -0.2) is 0 Å². The van der Waals surface area contributed by atoms with E-state index in [0.29, 0.717) is 33.3 Å². The van der Waals surface area contributed by atoms with Gasteiger partial charge in [0.1, 0.15) is 5.75 Å². The Balaban J connectivity index is 1.29. The third-order valence-electron chi connectivity index (χ3n) is 5.17. The molecule has 3 heterocycles. The maximum Gasteiger partial charge on any atom is 0.283 e. The number of thioether (sulfide) groups is 2. The fourth-order valence-corrected chi connectivity index (χ4v) is 5.28. The molecule has 36 heavy (non-hydrogen) atoms. The van der Waals surface area contributed by atoms with Crippen LogP contribution >= 0.6 is 23.5 Å². The number of benzene rings is 2. The number of amides is 1. The van der Waals surface area contributed by atoms with Gasteiger partial charge in [0.2, 0.25) is 5.17 Å². The van der Waals surface area contributed by atoms with Crippen molar-refractivity contribution in [2.75, 3.05) is 12.4 Å². The Morgan fingerprint density at radius 1 is 1.11 bits per heavy atom. The van der Waals surface area contributed by atoms with Gasteiger partial charge < -0.3 is 9.30 Å². The van der Waals surface area contributed by atoms with Crippen molar-refractivity contribution in [2.24, 2.45) is 10.1 Å². The fourth-order valence-electron chi connectivity index (χ4n) is 3.47. The number of ether oxygens (including phenoxy) is 1. The van der Waals surface area contributed by atoms with Crippen LogP contribution in [-0.2, 0) is 4.79 Å². The predicted molar refractivity (Wildman–Crippen MR) is 142 cm³/mol. The topological polar surface area (TPSA) is 126 Å². The van der Waals surface area contributed by atoms with Gasteiger partial charge in [-0.2, -0.15) is 10.0 Å². The predicted octanol–water partition coefficient (Wildman–Crippen LogP) is 4.77. The van der Waals surface area contributed by atoms with E-state index in [9.17, 15) is 14.9 Å². The average Bonchev–Trinajstić information content (AvgIpc) is 3.52. The first kappa shape index (κ1) is 23.6. The van der Waals surface area contributed by atoms with E-state index in [4.69, 9.17) is 10.1 Å². The molecule has 12 heteroatoms. The Hall–Kier alpha value is -4.16. The highest BCUT2D eigenvalue weighted by Gasteiger charge is 2.36. The molecule has 0 atom stereocenters. The normalized spacial score (nSPS) is 16.1. The molecule has 1 aromatic heterocycles. The third kappa shape index (κ3) is 4.95. The number of non-ortho nitro benzene ring substituents is 1. The molecule has 5 rings (SSSR count). The van der Waals surface area contributed by atoms with Crippen LogP contribution in [-0.4, -0.2) is 48.1 Å². The number of aromatic nitrogens is 1. The first-order chi connectivity index (χ1) is 17.5. The zero-order valence-electron chi connectivity index (χ0n) is 18.6. The fraction of sp³-hybridized carbons (Fsp3) is 0.0833. The number of hydrogen-bond donors (Lipinski definition) is 1. The van der Waals surface area contributed by atoms with Crippen molar-refractivity contribution < 1.29 is 14.5 Å². The number of hydrazone groups is 1. The molecule has 10 nitrogen and oxygen atoms in total. The molecule has 180 valence electrons. The maximum absolute atomic E-state index is 12.8. The van der Waals surface area contributed by atoms with Crippen molar-refractivity contribution in [2.45, 2.75) is 0 Å². The van der Waals surface area contributed by atoms with Crippen molar-refractivity contribution in [1.29, 1.82) is 5.41 Å². The summed E-state index contributed by atoms with van der Waals surface area (Å²) in [5.74, 6) is 0.852. The van der Waals surface area contributed by atoms with Crippen LogP contribution < -0.4 is 4.74 Å². The summed E-state index contributed by atoms with van der Waals surface area (Å²) >= 11 is 2.71. The van der Waals surface area contributed by atoms with Crippen LogP contribution in [0, 0.1) is 15.5 Å². The number of amidine groups is 2. The summed E-state index contributed by atoms with van der Waals surface area (Å²) in [5, 5.41) is 25.7. The lowest BCUT2D eigenvalue weighted by Gasteiger charge is -2.20. The zero-order valence-corrected chi connectivity index (χ0v) is 20.2. The van der Waals surface area contributed by atoms with Crippen molar-refractivity contribution in [3.05, 3.63) is 94.3 Å². The van der Waals surface area contributed by atoms with Crippen LogP contribution in [0.3, 0.4) is 0 Å². The molecule has 0 aliphatic carbocycles. The van der Waals surface area contributed by atoms with E-state index in [0.717, 1.165) is 5.75 Å². The number of nitrogens with zero attached hydrogens (tertiary/aromatic N) is 5. The van der Waals surface area contributed by atoms with E-state index in [1.54, 1.807) is 41.1 Å². The first-order valence-corrected chi connectivity index (χ1v) is 12.5. The van der Waals surface area contributed by atoms with Crippen LogP contribution in [0.15, 0.2) is 88.6 Å². The van der Waals surface area contributed by atoms with Gasteiger partial charge in [-0.1, -0.05) is 30.0 Å². The molecule has 2 aromatic carbocycles. The van der Waals surface area contributed by atoms with Gasteiger partial charge in [-0.05, 0) is 54.2 Å². The summed E-state index contributed by atoms with van der Waals surface area (Å²) in [7, 11) is 0. The molecule has 0 radical (unpaired) electrons. The van der Waals surface area contributed by atoms with Crippen molar-refractivity contribution in [3.63, 3.8) is 0 Å². The van der Waals surface area contributed by atoms with Gasteiger partial charge in [-0.15, -0.1) is 5.10 Å². The molecule has 0 unspecified atom stereocenters. The number of carbonyl (C=O) groups excluding carboxylic acids is 1. The first-order valence-electron chi connectivity index (χ1n) is 10.7. The summed E-state index contributed by atoms with van der Waals surface area (Å²) in [6, 6.07) is 19.2. The van der Waals surface area contributed by atoms with Crippen LogP contribution in [0.4, 0.5) is 5.69 Å². The minimum absolute atomic E-state index is 0.0124. The Bertz CT molecular complexity index is 1430. The summed E-state index contributed by atoms with van der Waals surface area (Å²) < 4.78 is 8.14. The monoisotopic (exact) mass is 518 g/mol. The standard InChI is InChI=1S/C24H18N6O4S2/c25-21-20(15-18-5-4-12-28(18)16-8-10-17(11-9-16)30(32)33)22(31)26-23-29(21)27-24(36-23)35-14-13-34-19-6-2-1-3-7-19/h1-12,15,25H,13-14H2/b20-15-,25-21?. The van der Waals surface area contributed by atoms with Crippen LogP contribution in [0.2, 0.25) is 0 Å². The minimum Gasteiger partial charge on any atom is -0.493 e. The summed E-state index contributed by atoms with van der Waals surface area (Å²) in [4.78, 5) is 27.4. The van der Waals surface area contributed by atoms with Gasteiger partial charge in [0, 0.05) is 35.5 Å². The number of nitro groups is 1. The number of nitro benzene ring substituents is 1. The zero-order chi connectivity index (χ0) is 25.1. The molecular formula is C24H18N6O4S2. The summed E-state index contributed by atoms with van der Waals surface area (Å²) in [5.41, 5.74) is 1.40. The number of aliphatic imine (C=N–C) groups is 1. The number of carbonyl (C=O) groups is 1. The highest BCUT2D eigenvalue weighted by molar-refractivity contribution is 8.45. The Kier molecular flexibility index (Phi) is 6.69. The molecule has 1 amide bonds. The second-order valence-electron chi connectivity index (χ2n) is 7.47. The Morgan fingerprint density at radius 3 is 2.64 bits per heavy atom. The van der Waals surface area contributed by atoms with Gasteiger partial charge in [0.25, 0.3) is 11.6 Å². The van der Waals surface area contributed by atoms with Crippen LogP contribution in [0.25, 0.3) is 11.8 Å². The largest absolute Gasteiger partial charge is 0.493 e. The summed E-state index contributed by atoms with van der Waals surface area (Å²) in [6.45, 7) is 0.488. The van der Waals surface area contributed by atoms with Gasteiger partial charge >= 0.3 is 0 Å². The number of para-hydroxylation sites is 1. The Morgan fingerprint density at radius 2 is 1.89 bits per heavy atom. The van der Waals surface area contributed by atoms with E-state index in [1.165, 1.54) is 40.7 Å². The minimum atomic E-state index is -0.524. The second kappa shape index (κ2) is 10.2. The van der Waals surface area contributed by atoms with Gasteiger partial charge in [0.15, 0.2) is 10.2 Å². The summed E-state index contributed by atoms with van der Waals surface area (Å²) in [6.07, 6.45) is 3.35. The van der Waals surface area contributed by atoms with Crippen molar-refractivity contribution in [1.82, 2.24) is 9.58 Å². The van der Waals surface area contributed by atoms with E-state index < -0.39 is 10.8 Å². The molecule has 3 aromatic rings. The highest BCUT2D eigenvalue weighted by atomic mass is 32.2. The molecule has 2 aliphatic rings. The van der Waals surface area contributed by atoms with Crippen LogP contribution in [0.1, 0.15) is 5.69 Å². The molecule has 0 spiro atoms. The van der Waals surface area contributed by atoms with Gasteiger partial charge in [-0.3, -0.25) is 20.3 Å². The lowest BCUT2D eigenvalue weighted by molar-refractivity contribution is -0.384. The number of rotatable bonds is 7. The lowest BCUT2D eigenvalue weighted by atomic mass is 10.1. The van der Waals surface area contributed by atoms with E-state index >= 15 is 0 Å². The number of nitrogens with one attached hydrogen (secondary N) is 1. The maximum atomic E-state index is 12.8. The average molecular weight is 519 g/mol. The van der Waals surface area contributed by atoms with Crippen LogP contribution in [0.5, 0.6) is 5.75 Å². The quantitative estimate of drug-likeness (QED) is 0.207. The SMILES string of the molecule is N=C1/C(=C/c2cccn2-c2ccc([N+](=O)[O-])cc2)C(=O)N=C2SC(SCCOc3ccccc3)=NN12. The highest BCUT2D eigenvalue weighted by Crippen LogP contribution is 2.32. The smallest absolute Gasteiger partial charge is 0.283 e. The van der Waals surface area contributed by atoms with E-state index in [1.807, 2.05) is 30.3 Å². The lowest BCUT2D eigenvalue weighted by Crippen LogP contribution is -2.35. The molecular weight excluding hydrogens is 500 g/mol. The van der Waals surface area contributed by atoms with Crippen molar-refractivity contribution in [3.8, 4) is 11.4 Å². The Labute approximate surface area is 214 Å². The molecule has 0 fully saturated rings. The molecule has 0 bridgehead atoms. The second-order valence-corrected chi connectivity index (χ2v) is 9.77. The third-order valence-corrected chi connectivity index (χ3v) is 7.17. The molecule has 0 saturated heterocycles. The van der Waals surface area contributed by atoms with E-state index in [-0.39, 0.29) is 17.1 Å². The molecule has 1 N–H and O–H groups in total. The molecule has 2 aliphatic heterocycles. The van der Waals surface area contributed by atoms with Gasteiger partial charge in [0.05, 0.1) is 17.1 Å². The van der Waals surface area contributed by atoms with Crippen molar-refractivity contribution >= 4 is 56.6 Å². The number of fused-ring (bicyclic) bond motifs is 1. The van der Waals surface area contributed by atoms with E-state index in [2.05, 4.69) is 10.1 Å². The number of hydrogen-bond acceptors (Lipinski definition) is 8. The molecule has 0 saturated carbocycles.